The third kappa shape index (κ3) is 3.26. The minimum absolute atomic E-state index is 0.572. The number of rotatable bonds is 3. The fourth-order valence-electron chi connectivity index (χ4n) is 7.62. The summed E-state index contributed by atoms with van der Waals surface area (Å²) in [5.74, 6) is 1.78. The first-order chi connectivity index (χ1) is 23.3. The third-order valence-corrected chi connectivity index (χ3v) is 9.53. The molecule has 0 atom stereocenters. The summed E-state index contributed by atoms with van der Waals surface area (Å²) in [5.41, 5.74) is 9.13. The average molecular weight is 602 g/mol. The summed E-state index contributed by atoms with van der Waals surface area (Å²) in [7, 11) is 0. The molecule has 0 spiro atoms. The van der Waals surface area contributed by atoms with Crippen molar-refractivity contribution in [1.82, 2.24) is 23.9 Å². The van der Waals surface area contributed by atoms with E-state index in [9.17, 15) is 0 Å². The topological polar surface area (TPSA) is 61.2 Å². The molecule has 6 heteroatoms. The van der Waals surface area contributed by atoms with Crippen molar-refractivity contribution in [3.63, 3.8) is 0 Å². The molecule has 6 aromatic heterocycles. The number of pyridine rings is 1. The second-order valence-electron chi connectivity index (χ2n) is 12.0. The molecular formula is C41H23N5O. The summed E-state index contributed by atoms with van der Waals surface area (Å²) < 4.78 is 10.9. The van der Waals surface area contributed by atoms with Crippen molar-refractivity contribution in [2.45, 2.75) is 0 Å². The quantitative estimate of drug-likeness (QED) is 0.202. The Bertz CT molecular complexity index is 3020. The first kappa shape index (κ1) is 24.8. The zero-order valence-corrected chi connectivity index (χ0v) is 24.9. The summed E-state index contributed by atoms with van der Waals surface area (Å²) in [4.78, 5) is 15.7. The number of benzene rings is 5. The van der Waals surface area contributed by atoms with Crippen LogP contribution in [0.2, 0.25) is 0 Å². The van der Waals surface area contributed by atoms with Gasteiger partial charge in [0.1, 0.15) is 11.2 Å². The molecule has 6 heterocycles. The van der Waals surface area contributed by atoms with E-state index in [-0.39, 0.29) is 0 Å². The first-order valence-electron chi connectivity index (χ1n) is 15.7. The third-order valence-electron chi connectivity index (χ3n) is 9.53. The Kier molecular flexibility index (Phi) is 4.75. The Hall–Kier alpha value is -6.53. The van der Waals surface area contributed by atoms with E-state index in [4.69, 9.17) is 19.4 Å². The monoisotopic (exact) mass is 601 g/mol. The van der Waals surface area contributed by atoms with Crippen molar-refractivity contribution >= 4 is 71.1 Å². The van der Waals surface area contributed by atoms with Gasteiger partial charge in [-0.15, -0.1) is 0 Å². The molecule has 218 valence electrons. The van der Waals surface area contributed by atoms with Gasteiger partial charge in [0.15, 0.2) is 11.6 Å². The number of nitrogens with zero attached hydrogens (tertiary/aromatic N) is 5. The van der Waals surface area contributed by atoms with Gasteiger partial charge in [-0.2, -0.15) is 9.97 Å². The fourth-order valence-corrected chi connectivity index (χ4v) is 7.62. The van der Waals surface area contributed by atoms with E-state index in [0.717, 1.165) is 55.0 Å². The molecule has 0 saturated heterocycles. The predicted molar refractivity (Wildman–Crippen MR) is 189 cm³/mol. The minimum atomic E-state index is 0.572. The molecule has 0 N–H and O–H groups in total. The maximum absolute atomic E-state index is 6.27. The Labute approximate surface area is 267 Å². The van der Waals surface area contributed by atoms with E-state index < -0.39 is 0 Å². The lowest BCUT2D eigenvalue weighted by Gasteiger charge is -2.11. The van der Waals surface area contributed by atoms with Crippen LogP contribution >= 0.6 is 0 Å². The highest BCUT2D eigenvalue weighted by molar-refractivity contribution is 6.29. The van der Waals surface area contributed by atoms with Crippen molar-refractivity contribution in [2.75, 3.05) is 0 Å². The van der Waals surface area contributed by atoms with E-state index >= 15 is 0 Å². The first-order valence-corrected chi connectivity index (χ1v) is 15.7. The van der Waals surface area contributed by atoms with Crippen LogP contribution in [0.3, 0.4) is 0 Å². The predicted octanol–water partition coefficient (Wildman–Crippen LogP) is 10.2. The maximum Gasteiger partial charge on any atom is 0.238 e. The standard InChI is InChI=1S/C41H23N5O/c1-2-12-24(13-3-1)39-42-40(29-18-10-23-34-35(29)28-17-7-9-22-33(28)47-34)44-41(43-39)46-31-19-8-6-16-27(31)36-32-21-11-20-30-25-14-4-5-15-26(25)37(38(36)46)45(30)32/h1-23H. The van der Waals surface area contributed by atoms with E-state index in [2.05, 4.69) is 100.0 Å². The molecule has 6 nitrogen and oxygen atoms in total. The number of aromatic nitrogens is 5. The lowest BCUT2D eigenvalue weighted by Crippen LogP contribution is -2.06. The lowest BCUT2D eigenvalue weighted by atomic mass is 10.1. The van der Waals surface area contributed by atoms with Crippen molar-refractivity contribution < 1.29 is 4.42 Å². The zero-order valence-electron chi connectivity index (χ0n) is 24.9. The van der Waals surface area contributed by atoms with Crippen molar-refractivity contribution in [2.24, 2.45) is 0 Å². The van der Waals surface area contributed by atoms with Gasteiger partial charge in [-0.05, 0) is 30.3 Å². The van der Waals surface area contributed by atoms with Crippen LogP contribution in [-0.4, -0.2) is 23.9 Å². The minimum Gasteiger partial charge on any atom is -0.456 e. The molecule has 0 fully saturated rings. The van der Waals surface area contributed by atoms with Gasteiger partial charge < -0.3 is 8.82 Å². The molecule has 0 amide bonds. The van der Waals surface area contributed by atoms with Gasteiger partial charge in [0.25, 0.3) is 0 Å². The average Bonchev–Trinajstić information content (AvgIpc) is 3.87. The Balaban J connectivity index is 1.32. The van der Waals surface area contributed by atoms with Gasteiger partial charge in [0.2, 0.25) is 5.95 Å². The largest absolute Gasteiger partial charge is 0.456 e. The highest BCUT2D eigenvalue weighted by atomic mass is 16.3. The molecule has 0 aliphatic rings. The molecule has 11 rings (SSSR count). The van der Waals surface area contributed by atoms with Gasteiger partial charge in [0.05, 0.1) is 27.6 Å². The maximum atomic E-state index is 6.27. The Morgan fingerprint density at radius 2 is 1.09 bits per heavy atom. The zero-order chi connectivity index (χ0) is 30.6. The molecule has 11 aromatic rings. The smallest absolute Gasteiger partial charge is 0.238 e. The number of hydrogen-bond acceptors (Lipinski definition) is 4. The second-order valence-corrected chi connectivity index (χ2v) is 12.0. The van der Waals surface area contributed by atoms with Crippen molar-refractivity contribution in [3.8, 4) is 28.7 Å². The lowest BCUT2D eigenvalue weighted by molar-refractivity contribution is 0.669. The van der Waals surface area contributed by atoms with Gasteiger partial charge >= 0.3 is 0 Å². The second kappa shape index (κ2) is 9.02. The molecule has 5 aromatic carbocycles. The van der Waals surface area contributed by atoms with Crippen LogP contribution in [0.4, 0.5) is 0 Å². The van der Waals surface area contributed by atoms with Crippen LogP contribution in [0, 0.1) is 0 Å². The Morgan fingerprint density at radius 1 is 0.426 bits per heavy atom. The van der Waals surface area contributed by atoms with Gasteiger partial charge in [-0.25, -0.2) is 4.98 Å². The normalized spacial score (nSPS) is 12.3. The van der Waals surface area contributed by atoms with E-state index in [1.807, 2.05) is 48.5 Å². The molecule has 0 bridgehead atoms. The van der Waals surface area contributed by atoms with Crippen molar-refractivity contribution in [3.05, 3.63) is 140 Å². The van der Waals surface area contributed by atoms with Crippen LogP contribution in [0.1, 0.15) is 0 Å². The number of para-hydroxylation sites is 2. The molecule has 0 saturated carbocycles. The van der Waals surface area contributed by atoms with Crippen LogP contribution in [0.5, 0.6) is 0 Å². The summed E-state index contributed by atoms with van der Waals surface area (Å²) in [6.45, 7) is 0. The Morgan fingerprint density at radius 3 is 1.98 bits per heavy atom. The number of hydrogen-bond donors (Lipinski definition) is 0. The summed E-state index contributed by atoms with van der Waals surface area (Å²) in [5, 5.41) is 6.81. The molecule has 0 radical (unpaired) electrons. The molecular weight excluding hydrogens is 578 g/mol. The highest BCUT2D eigenvalue weighted by Gasteiger charge is 2.26. The summed E-state index contributed by atoms with van der Waals surface area (Å²) in [6, 6.07) is 48.2. The van der Waals surface area contributed by atoms with Gasteiger partial charge in [-0.1, -0.05) is 109 Å². The molecule has 47 heavy (non-hydrogen) atoms. The van der Waals surface area contributed by atoms with Crippen LogP contribution < -0.4 is 0 Å². The number of fused-ring (bicyclic) bond motifs is 11. The number of furan rings is 1. The highest BCUT2D eigenvalue weighted by Crippen LogP contribution is 2.44. The molecule has 0 aliphatic carbocycles. The molecule has 0 aliphatic heterocycles. The van der Waals surface area contributed by atoms with E-state index in [1.54, 1.807) is 0 Å². The summed E-state index contributed by atoms with van der Waals surface area (Å²) in [6.07, 6.45) is 0. The van der Waals surface area contributed by atoms with Gasteiger partial charge in [-0.3, -0.25) is 4.57 Å². The summed E-state index contributed by atoms with van der Waals surface area (Å²) >= 11 is 0. The van der Waals surface area contributed by atoms with Crippen LogP contribution in [0.15, 0.2) is 144 Å². The van der Waals surface area contributed by atoms with Crippen LogP contribution in [-0.2, 0) is 0 Å². The van der Waals surface area contributed by atoms with Gasteiger partial charge in [0, 0.05) is 43.4 Å². The van der Waals surface area contributed by atoms with E-state index in [0.29, 0.717) is 17.6 Å². The SMILES string of the molecule is c1ccc(-c2nc(-c3cccc4oc5ccccc5c34)nc(-n3c4ccccc4c4c3c3c5ccccc5c5cccc4n53)n2)cc1. The van der Waals surface area contributed by atoms with Crippen LogP contribution in [0.25, 0.3) is 99.8 Å². The molecule has 0 unspecified atom stereocenters. The van der Waals surface area contributed by atoms with Crippen molar-refractivity contribution in [1.29, 1.82) is 0 Å². The van der Waals surface area contributed by atoms with E-state index in [1.165, 1.54) is 27.2 Å². The fraction of sp³-hybridized carbons (Fsp3) is 0.